The van der Waals surface area contributed by atoms with Gasteiger partial charge in [-0.1, -0.05) is 6.92 Å². The number of aromatic nitrogens is 4. The molecule has 0 aliphatic carbocycles. The fourth-order valence-electron chi connectivity index (χ4n) is 2.22. The Bertz CT molecular complexity index is 731. The molecule has 0 saturated heterocycles. The molecule has 0 aliphatic heterocycles. The monoisotopic (exact) mass is 283 g/mol. The van der Waals surface area contributed by atoms with E-state index in [0.717, 1.165) is 12.1 Å². The number of hydrogen-bond acceptors (Lipinski definition) is 3. The molecule has 1 amide bonds. The number of rotatable bonds is 5. The minimum Gasteiger partial charge on any atom is -0.352 e. The molecule has 6 nitrogen and oxygen atoms in total. The number of amides is 1. The number of carbonyl (C=O) groups is 1. The largest absolute Gasteiger partial charge is 0.352 e. The maximum Gasteiger partial charge on any atom is 0.251 e. The lowest BCUT2D eigenvalue weighted by molar-refractivity contribution is 0.0946. The number of imidazole rings is 1. The molecule has 0 bridgehead atoms. The number of carbonyl (C=O) groups excluding carboxylic acids is 1. The molecule has 0 fully saturated rings. The first-order chi connectivity index (χ1) is 10.2. The molecule has 6 heteroatoms. The zero-order valence-electron chi connectivity index (χ0n) is 11.8. The van der Waals surface area contributed by atoms with E-state index in [9.17, 15) is 4.79 Å². The molecule has 21 heavy (non-hydrogen) atoms. The van der Waals surface area contributed by atoms with Crippen LogP contribution in [0.3, 0.4) is 0 Å². The molecule has 108 valence electrons. The molecular formula is C15H17N5O. The average Bonchev–Trinajstić information content (AvgIpc) is 3.14. The number of hydrogen-bond donors (Lipinski definition) is 1. The van der Waals surface area contributed by atoms with Crippen LogP contribution in [-0.4, -0.2) is 31.6 Å². The van der Waals surface area contributed by atoms with E-state index in [1.807, 2.05) is 33.6 Å². The highest BCUT2D eigenvalue weighted by Gasteiger charge is 2.09. The predicted octanol–water partition coefficient (Wildman–Crippen LogP) is 1.60. The van der Waals surface area contributed by atoms with Gasteiger partial charge in [0.05, 0.1) is 18.0 Å². The van der Waals surface area contributed by atoms with Crippen LogP contribution in [0.4, 0.5) is 0 Å². The number of nitrogens with one attached hydrogen (secondary N) is 1. The second-order valence-electron chi connectivity index (χ2n) is 5.18. The molecule has 1 atom stereocenters. The Balaban J connectivity index is 1.58. The first-order valence-electron chi connectivity index (χ1n) is 6.90. The average molecular weight is 283 g/mol. The third kappa shape index (κ3) is 3.10. The van der Waals surface area contributed by atoms with Gasteiger partial charge in [-0.25, -0.2) is 4.98 Å². The van der Waals surface area contributed by atoms with E-state index in [1.165, 1.54) is 0 Å². The first-order valence-corrected chi connectivity index (χ1v) is 6.90. The van der Waals surface area contributed by atoms with E-state index in [2.05, 4.69) is 22.3 Å². The molecule has 0 saturated carbocycles. The van der Waals surface area contributed by atoms with Crippen LogP contribution < -0.4 is 5.32 Å². The maximum absolute atomic E-state index is 12.2. The summed E-state index contributed by atoms with van der Waals surface area (Å²) in [7, 11) is 0. The van der Waals surface area contributed by atoms with E-state index >= 15 is 0 Å². The van der Waals surface area contributed by atoms with Crippen LogP contribution in [0.15, 0.2) is 49.3 Å². The normalized spacial score (nSPS) is 12.4. The summed E-state index contributed by atoms with van der Waals surface area (Å²) in [6.45, 7) is 3.49. The van der Waals surface area contributed by atoms with Crippen molar-refractivity contribution in [1.82, 2.24) is 24.5 Å². The quantitative estimate of drug-likeness (QED) is 0.773. The van der Waals surface area contributed by atoms with Crippen molar-refractivity contribution in [3.05, 3.63) is 54.9 Å². The summed E-state index contributed by atoms with van der Waals surface area (Å²) in [5, 5.41) is 7.12. The van der Waals surface area contributed by atoms with E-state index in [1.54, 1.807) is 24.8 Å². The van der Waals surface area contributed by atoms with Crippen molar-refractivity contribution in [3.8, 4) is 0 Å². The Hall–Kier alpha value is -2.63. The van der Waals surface area contributed by atoms with Crippen molar-refractivity contribution in [1.29, 1.82) is 0 Å². The summed E-state index contributed by atoms with van der Waals surface area (Å²) in [5.41, 5.74) is 1.56. The van der Waals surface area contributed by atoms with Crippen LogP contribution in [0.5, 0.6) is 0 Å². The SMILES string of the molecule is C[C@@H](CNC(=O)c1ccn2cncc2c1)Cn1cccn1. The Morgan fingerprint density at radius 2 is 2.33 bits per heavy atom. The Labute approximate surface area is 122 Å². The molecule has 0 radical (unpaired) electrons. The second-order valence-corrected chi connectivity index (χ2v) is 5.18. The summed E-state index contributed by atoms with van der Waals surface area (Å²) < 4.78 is 3.74. The fraction of sp³-hybridized carbons (Fsp3) is 0.267. The lowest BCUT2D eigenvalue weighted by Crippen LogP contribution is -2.30. The van der Waals surface area contributed by atoms with Gasteiger partial charge in [0.15, 0.2) is 0 Å². The zero-order valence-corrected chi connectivity index (χ0v) is 11.8. The van der Waals surface area contributed by atoms with Crippen LogP contribution in [0.2, 0.25) is 0 Å². The number of pyridine rings is 1. The second kappa shape index (κ2) is 5.78. The number of nitrogens with zero attached hydrogens (tertiary/aromatic N) is 4. The Morgan fingerprint density at radius 1 is 1.43 bits per heavy atom. The molecule has 0 unspecified atom stereocenters. The molecule has 3 heterocycles. The highest BCUT2D eigenvalue weighted by molar-refractivity contribution is 5.95. The minimum atomic E-state index is -0.0639. The smallest absolute Gasteiger partial charge is 0.251 e. The van der Waals surface area contributed by atoms with E-state index in [0.29, 0.717) is 18.0 Å². The third-order valence-corrected chi connectivity index (χ3v) is 3.35. The van der Waals surface area contributed by atoms with Crippen LogP contribution in [-0.2, 0) is 6.54 Å². The first kappa shape index (κ1) is 13.4. The van der Waals surface area contributed by atoms with Crippen molar-refractivity contribution in [3.63, 3.8) is 0 Å². The van der Waals surface area contributed by atoms with Gasteiger partial charge in [0, 0.05) is 37.2 Å². The summed E-state index contributed by atoms with van der Waals surface area (Å²) in [4.78, 5) is 16.2. The van der Waals surface area contributed by atoms with Gasteiger partial charge in [0.2, 0.25) is 0 Å². The van der Waals surface area contributed by atoms with Crippen molar-refractivity contribution in [2.45, 2.75) is 13.5 Å². The molecule has 1 N–H and O–H groups in total. The molecule has 3 aromatic heterocycles. The molecule has 3 aromatic rings. The fourth-order valence-corrected chi connectivity index (χ4v) is 2.22. The van der Waals surface area contributed by atoms with E-state index < -0.39 is 0 Å². The van der Waals surface area contributed by atoms with Gasteiger partial charge >= 0.3 is 0 Å². The lowest BCUT2D eigenvalue weighted by Gasteiger charge is -2.13. The predicted molar refractivity (Wildman–Crippen MR) is 78.9 cm³/mol. The van der Waals surface area contributed by atoms with Crippen LogP contribution in [0.25, 0.3) is 5.52 Å². The van der Waals surface area contributed by atoms with E-state index in [-0.39, 0.29) is 5.91 Å². The topological polar surface area (TPSA) is 64.2 Å². The number of fused-ring (bicyclic) bond motifs is 1. The summed E-state index contributed by atoms with van der Waals surface area (Å²) in [5.74, 6) is 0.249. The zero-order chi connectivity index (χ0) is 14.7. The molecule has 3 rings (SSSR count). The van der Waals surface area contributed by atoms with Gasteiger partial charge < -0.3 is 9.72 Å². The molecular weight excluding hydrogens is 266 g/mol. The molecule has 0 spiro atoms. The van der Waals surface area contributed by atoms with Crippen LogP contribution >= 0.6 is 0 Å². The van der Waals surface area contributed by atoms with Crippen LogP contribution in [0, 0.1) is 5.92 Å². The maximum atomic E-state index is 12.2. The van der Waals surface area contributed by atoms with Gasteiger partial charge in [0.25, 0.3) is 5.91 Å². The van der Waals surface area contributed by atoms with Gasteiger partial charge in [-0.05, 0) is 24.1 Å². The Morgan fingerprint density at radius 3 is 3.14 bits per heavy atom. The van der Waals surface area contributed by atoms with Gasteiger partial charge in [-0.15, -0.1) is 0 Å². The standard InChI is InChI=1S/C15H17N5O/c1-12(10-20-5-2-4-18-20)8-17-15(21)13-3-6-19-11-16-9-14(19)7-13/h2-7,9,11-12H,8,10H2,1H3,(H,17,21)/t12-/m0/s1. The third-order valence-electron chi connectivity index (χ3n) is 3.35. The van der Waals surface area contributed by atoms with Gasteiger partial charge in [-0.2, -0.15) is 5.10 Å². The van der Waals surface area contributed by atoms with E-state index in [4.69, 9.17) is 0 Å². The van der Waals surface area contributed by atoms with Crippen molar-refractivity contribution in [2.75, 3.05) is 6.54 Å². The van der Waals surface area contributed by atoms with Crippen molar-refractivity contribution < 1.29 is 4.79 Å². The highest BCUT2D eigenvalue weighted by atomic mass is 16.1. The summed E-state index contributed by atoms with van der Waals surface area (Å²) in [6, 6.07) is 5.52. The Kier molecular flexibility index (Phi) is 3.68. The van der Waals surface area contributed by atoms with Gasteiger partial charge in [0.1, 0.15) is 0 Å². The lowest BCUT2D eigenvalue weighted by atomic mass is 10.1. The minimum absolute atomic E-state index is 0.0639. The van der Waals surface area contributed by atoms with Crippen molar-refractivity contribution in [2.24, 2.45) is 5.92 Å². The molecule has 0 aromatic carbocycles. The molecule has 0 aliphatic rings. The van der Waals surface area contributed by atoms with Crippen molar-refractivity contribution >= 4 is 11.4 Å². The van der Waals surface area contributed by atoms with Gasteiger partial charge in [-0.3, -0.25) is 9.48 Å². The highest BCUT2D eigenvalue weighted by Crippen LogP contribution is 2.07. The van der Waals surface area contributed by atoms with Crippen LogP contribution in [0.1, 0.15) is 17.3 Å². The summed E-state index contributed by atoms with van der Waals surface area (Å²) in [6.07, 6.45) is 8.96. The summed E-state index contributed by atoms with van der Waals surface area (Å²) >= 11 is 0.